The van der Waals surface area contributed by atoms with Gasteiger partial charge in [-0.05, 0) is 24.1 Å². The fourth-order valence-corrected chi connectivity index (χ4v) is 2.52. The van der Waals surface area contributed by atoms with Crippen molar-refractivity contribution in [2.75, 3.05) is 17.2 Å². The quantitative estimate of drug-likeness (QED) is 0.724. The molecule has 3 aromatic rings. The Morgan fingerprint density at radius 1 is 1.22 bits per heavy atom. The Morgan fingerprint density at radius 2 is 2.09 bits per heavy atom. The third kappa shape index (κ3) is 3.53. The van der Waals surface area contributed by atoms with E-state index >= 15 is 0 Å². The second-order valence-corrected chi connectivity index (χ2v) is 5.75. The number of halogens is 1. The molecule has 2 heterocycles. The second kappa shape index (κ2) is 6.83. The van der Waals surface area contributed by atoms with Gasteiger partial charge in [0.1, 0.15) is 5.82 Å². The van der Waals surface area contributed by atoms with Gasteiger partial charge in [-0.1, -0.05) is 30.7 Å². The normalized spacial score (nSPS) is 10.9. The van der Waals surface area contributed by atoms with E-state index in [9.17, 15) is 0 Å². The lowest BCUT2D eigenvalue weighted by Gasteiger charge is -2.10. The molecule has 0 unspecified atom stereocenters. The minimum absolute atomic E-state index is 0.608. The molecule has 120 valence electrons. The van der Waals surface area contributed by atoms with Crippen LogP contribution in [0.4, 0.5) is 11.8 Å². The maximum absolute atomic E-state index is 6.03. The molecule has 3 rings (SSSR count). The first-order valence-electron chi connectivity index (χ1n) is 7.59. The first-order valence-corrected chi connectivity index (χ1v) is 7.97. The minimum atomic E-state index is 0.608. The smallest absolute Gasteiger partial charge is 0.226 e. The second-order valence-electron chi connectivity index (χ2n) is 5.31. The van der Waals surface area contributed by atoms with E-state index in [1.54, 1.807) is 10.9 Å². The van der Waals surface area contributed by atoms with Gasteiger partial charge in [0.2, 0.25) is 5.95 Å². The van der Waals surface area contributed by atoms with Gasteiger partial charge in [0.25, 0.3) is 0 Å². The van der Waals surface area contributed by atoms with Crippen LogP contribution < -0.4 is 10.6 Å². The molecule has 0 spiro atoms. The van der Waals surface area contributed by atoms with Crippen molar-refractivity contribution >= 4 is 34.4 Å². The molecule has 7 heteroatoms. The van der Waals surface area contributed by atoms with Crippen molar-refractivity contribution in [2.45, 2.75) is 19.9 Å². The summed E-state index contributed by atoms with van der Waals surface area (Å²) in [5.41, 5.74) is 1.89. The highest BCUT2D eigenvalue weighted by atomic mass is 35.5. The number of anilines is 2. The summed E-state index contributed by atoms with van der Waals surface area (Å²) in [6, 6.07) is 7.76. The number of hydrogen-bond donors (Lipinski definition) is 2. The largest absolute Gasteiger partial charge is 0.365 e. The lowest BCUT2D eigenvalue weighted by atomic mass is 10.2. The van der Waals surface area contributed by atoms with Gasteiger partial charge in [0, 0.05) is 25.2 Å². The number of benzene rings is 1. The molecule has 0 aliphatic heterocycles. The molecule has 2 aromatic heterocycles. The van der Waals surface area contributed by atoms with Crippen LogP contribution in [-0.2, 0) is 13.6 Å². The van der Waals surface area contributed by atoms with Gasteiger partial charge in [0.05, 0.1) is 11.6 Å². The Kier molecular flexibility index (Phi) is 4.62. The maximum Gasteiger partial charge on any atom is 0.226 e. The first-order chi connectivity index (χ1) is 11.2. The summed E-state index contributed by atoms with van der Waals surface area (Å²) in [6.07, 6.45) is 2.79. The average molecular weight is 331 g/mol. The van der Waals surface area contributed by atoms with Crippen molar-refractivity contribution in [1.82, 2.24) is 19.7 Å². The van der Waals surface area contributed by atoms with Gasteiger partial charge in [0.15, 0.2) is 5.65 Å². The monoisotopic (exact) mass is 330 g/mol. The topological polar surface area (TPSA) is 67.7 Å². The van der Waals surface area contributed by atoms with Crippen molar-refractivity contribution in [3.63, 3.8) is 0 Å². The van der Waals surface area contributed by atoms with E-state index in [-0.39, 0.29) is 0 Å². The fraction of sp³-hybridized carbons (Fsp3) is 0.312. The summed E-state index contributed by atoms with van der Waals surface area (Å²) >= 11 is 6.03. The van der Waals surface area contributed by atoms with Crippen molar-refractivity contribution in [1.29, 1.82) is 0 Å². The number of aromatic nitrogens is 4. The molecule has 0 aliphatic carbocycles. The van der Waals surface area contributed by atoms with Gasteiger partial charge < -0.3 is 10.6 Å². The van der Waals surface area contributed by atoms with Crippen LogP contribution in [0.2, 0.25) is 5.02 Å². The molecule has 0 aliphatic rings. The zero-order chi connectivity index (χ0) is 16.2. The third-order valence-corrected chi connectivity index (χ3v) is 3.71. The Labute approximate surface area is 139 Å². The standard InChI is InChI=1S/C16H19ClN6/c1-3-7-18-16-21-14(13-10-20-23(2)15(13)22-16)19-9-11-5-4-6-12(17)8-11/h4-6,8,10H,3,7,9H2,1-2H3,(H2,18,19,21,22). The predicted octanol–water partition coefficient (Wildman–Crippen LogP) is 3.45. The molecule has 23 heavy (non-hydrogen) atoms. The molecule has 0 atom stereocenters. The van der Waals surface area contributed by atoms with Crippen LogP contribution in [0.3, 0.4) is 0 Å². The molecule has 0 bridgehead atoms. The average Bonchev–Trinajstić information content (AvgIpc) is 2.92. The third-order valence-electron chi connectivity index (χ3n) is 3.47. The maximum atomic E-state index is 6.03. The van der Waals surface area contributed by atoms with Crippen molar-refractivity contribution in [3.05, 3.63) is 41.0 Å². The SMILES string of the molecule is CCCNc1nc(NCc2cccc(Cl)c2)c2cnn(C)c2n1. The van der Waals surface area contributed by atoms with Crippen molar-refractivity contribution in [2.24, 2.45) is 7.05 Å². The van der Waals surface area contributed by atoms with Gasteiger partial charge in [-0.15, -0.1) is 0 Å². The van der Waals surface area contributed by atoms with Gasteiger partial charge in [-0.25, -0.2) is 0 Å². The molecule has 0 radical (unpaired) electrons. The van der Waals surface area contributed by atoms with Crippen molar-refractivity contribution in [3.8, 4) is 0 Å². The summed E-state index contributed by atoms with van der Waals surface area (Å²) in [7, 11) is 1.87. The van der Waals surface area contributed by atoms with Crippen LogP contribution in [0.25, 0.3) is 11.0 Å². The van der Waals surface area contributed by atoms with Crippen LogP contribution >= 0.6 is 11.6 Å². The number of hydrogen-bond acceptors (Lipinski definition) is 5. The van der Waals surface area contributed by atoms with Gasteiger partial charge in [-0.3, -0.25) is 4.68 Å². The lowest BCUT2D eigenvalue weighted by molar-refractivity contribution is 0.785. The van der Waals surface area contributed by atoms with Crippen LogP contribution in [-0.4, -0.2) is 26.3 Å². The van der Waals surface area contributed by atoms with Crippen LogP contribution in [0.15, 0.2) is 30.5 Å². The fourth-order valence-electron chi connectivity index (χ4n) is 2.31. The molecule has 0 amide bonds. The van der Waals surface area contributed by atoms with E-state index in [1.165, 1.54) is 0 Å². The molecule has 1 aromatic carbocycles. The summed E-state index contributed by atoms with van der Waals surface area (Å²) in [6.45, 7) is 3.57. The number of rotatable bonds is 6. The predicted molar refractivity (Wildman–Crippen MR) is 93.9 cm³/mol. The summed E-state index contributed by atoms with van der Waals surface area (Å²) in [5.74, 6) is 1.37. The molecular weight excluding hydrogens is 312 g/mol. The van der Waals surface area contributed by atoms with Gasteiger partial charge >= 0.3 is 0 Å². The summed E-state index contributed by atoms with van der Waals surface area (Å²) in [5, 5.41) is 12.5. The van der Waals surface area contributed by atoms with E-state index in [0.717, 1.165) is 40.4 Å². The Bertz CT molecular complexity index is 813. The van der Waals surface area contributed by atoms with E-state index in [2.05, 4.69) is 32.6 Å². The molecule has 2 N–H and O–H groups in total. The Balaban J connectivity index is 1.88. The first kappa shape index (κ1) is 15.6. The van der Waals surface area contributed by atoms with Crippen molar-refractivity contribution < 1.29 is 0 Å². The Hall–Kier alpha value is -2.34. The van der Waals surface area contributed by atoms with E-state index in [0.29, 0.717) is 12.5 Å². The van der Waals surface area contributed by atoms with E-state index < -0.39 is 0 Å². The highest BCUT2D eigenvalue weighted by Gasteiger charge is 2.11. The molecule has 0 saturated heterocycles. The highest BCUT2D eigenvalue weighted by Crippen LogP contribution is 2.22. The van der Waals surface area contributed by atoms with Crippen LogP contribution in [0, 0.1) is 0 Å². The molecule has 6 nitrogen and oxygen atoms in total. The zero-order valence-electron chi connectivity index (χ0n) is 13.2. The number of nitrogens with zero attached hydrogens (tertiary/aromatic N) is 4. The lowest BCUT2D eigenvalue weighted by Crippen LogP contribution is -2.09. The summed E-state index contributed by atoms with van der Waals surface area (Å²) in [4.78, 5) is 9.09. The zero-order valence-corrected chi connectivity index (χ0v) is 13.9. The number of fused-ring (bicyclic) bond motifs is 1. The number of nitrogens with one attached hydrogen (secondary N) is 2. The van der Waals surface area contributed by atoms with E-state index in [1.807, 2.05) is 31.3 Å². The van der Waals surface area contributed by atoms with Crippen LogP contribution in [0.5, 0.6) is 0 Å². The van der Waals surface area contributed by atoms with E-state index in [4.69, 9.17) is 11.6 Å². The Morgan fingerprint density at radius 3 is 2.87 bits per heavy atom. The minimum Gasteiger partial charge on any atom is -0.365 e. The summed E-state index contributed by atoms with van der Waals surface area (Å²) < 4.78 is 1.75. The van der Waals surface area contributed by atoms with Gasteiger partial charge in [-0.2, -0.15) is 15.1 Å². The molecular formula is C16H19ClN6. The molecule has 0 saturated carbocycles. The molecule has 0 fully saturated rings. The highest BCUT2D eigenvalue weighted by molar-refractivity contribution is 6.30. The van der Waals surface area contributed by atoms with Crippen LogP contribution in [0.1, 0.15) is 18.9 Å². The number of aryl methyl sites for hydroxylation is 1.